The van der Waals surface area contributed by atoms with Gasteiger partial charge in [-0.05, 0) is 12.1 Å². The highest BCUT2D eigenvalue weighted by atomic mass is 19.1. The van der Waals surface area contributed by atoms with Crippen LogP contribution in [0.1, 0.15) is 6.99 Å². The molecule has 0 heterocycles. The van der Waals surface area contributed by atoms with E-state index < -0.39 is 29.1 Å². The van der Waals surface area contributed by atoms with Crippen molar-refractivity contribution in [3.8, 4) is 0 Å². The van der Waals surface area contributed by atoms with Crippen molar-refractivity contribution < 1.29 is 15.0 Å². The minimum atomic E-state index is -1.11. The summed E-state index contributed by atoms with van der Waals surface area (Å²) >= 11 is 0. The Hall–Kier alpha value is -1.98. The summed E-state index contributed by atoms with van der Waals surface area (Å²) in [6, 6.07) is 2.07. The summed E-state index contributed by atoms with van der Waals surface area (Å²) in [5, 5.41) is 0. The number of carbonyl (C=O) groups excluding carboxylic acids is 1. The third-order valence-electron chi connectivity index (χ3n) is 1.45. The number of amidine groups is 1. The first-order valence-corrected chi connectivity index (χ1v) is 3.60. The lowest BCUT2D eigenvalue weighted by Crippen LogP contribution is -2.21. The molecule has 0 atom stereocenters. The van der Waals surface area contributed by atoms with E-state index in [-0.39, 0.29) is 1.43 Å². The second-order valence-electron chi connectivity index (χ2n) is 2.43. The van der Waals surface area contributed by atoms with Crippen molar-refractivity contribution in [2.24, 2.45) is 16.5 Å². The molecule has 0 unspecified atom stereocenters. The number of rotatable bonds is 1. The lowest BCUT2D eigenvalue weighted by molar-refractivity contribution is 0.256. The van der Waals surface area contributed by atoms with Crippen molar-refractivity contribution in [3.63, 3.8) is 0 Å². The van der Waals surface area contributed by atoms with Crippen LogP contribution in [0.2, 0.25) is 0 Å². The lowest BCUT2D eigenvalue weighted by atomic mass is 10.2. The number of carbonyl (C=O) groups is 1. The van der Waals surface area contributed by atoms with Crippen LogP contribution in [0, 0.1) is 11.6 Å². The molecule has 1 aromatic carbocycles. The summed E-state index contributed by atoms with van der Waals surface area (Å²) in [6.07, 6.45) is 0. The third-order valence-corrected chi connectivity index (χ3v) is 1.45. The molecule has 76 valence electrons. The highest BCUT2D eigenvalue weighted by Gasteiger charge is 2.12. The number of halogens is 2. The van der Waals surface area contributed by atoms with Gasteiger partial charge in [0.1, 0.15) is 17.5 Å². The van der Waals surface area contributed by atoms with Gasteiger partial charge in [0.25, 0.3) is 0 Å². The normalized spacial score (nSPS) is 11.4. The summed E-state index contributed by atoms with van der Waals surface area (Å²) in [6.45, 7) is 0. The van der Waals surface area contributed by atoms with Crippen LogP contribution < -0.4 is 11.5 Å². The number of primary amides is 1. The zero-order chi connectivity index (χ0) is 10.7. The second-order valence-corrected chi connectivity index (χ2v) is 2.43. The molecule has 0 spiro atoms. The number of nitrogens with zero attached hydrogens (tertiary/aromatic N) is 1. The minimum Gasteiger partial charge on any atom is -0.383 e. The van der Waals surface area contributed by atoms with Crippen molar-refractivity contribution >= 4 is 11.9 Å². The van der Waals surface area contributed by atoms with E-state index in [1.807, 2.05) is 0 Å². The van der Waals surface area contributed by atoms with Crippen LogP contribution >= 0.6 is 0 Å². The number of hydrogen-bond acceptors (Lipinski definition) is 1. The van der Waals surface area contributed by atoms with Gasteiger partial charge in [-0.2, -0.15) is 4.99 Å². The molecular weight excluding hydrogens is 192 g/mol. The Bertz CT molecular complexity index is 389. The molecule has 1 aromatic rings. The predicted molar refractivity (Wildman–Crippen MR) is 48.8 cm³/mol. The topological polar surface area (TPSA) is 81.5 Å². The molecule has 0 saturated heterocycles. The Kier molecular flexibility index (Phi) is 2.76. The number of benzene rings is 1. The van der Waals surface area contributed by atoms with E-state index in [0.717, 1.165) is 12.1 Å². The quantitative estimate of drug-likeness (QED) is 0.524. The van der Waals surface area contributed by atoms with Gasteiger partial charge in [0, 0.05) is 1.43 Å². The van der Waals surface area contributed by atoms with Gasteiger partial charge in [-0.25, -0.2) is 13.6 Å². The van der Waals surface area contributed by atoms with E-state index in [9.17, 15) is 13.6 Å². The molecule has 0 saturated carbocycles. The van der Waals surface area contributed by atoms with Crippen LogP contribution in [0.25, 0.3) is 0 Å². The summed E-state index contributed by atoms with van der Waals surface area (Å²) in [5.41, 5.74) is 9.30. The highest BCUT2D eigenvalue weighted by Crippen LogP contribution is 2.11. The fourth-order valence-electron chi connectivity index (χ4n) is 0.917. The zero-order valence-corrected chi connectivity index (χ0v) is 7.00. The largest absolute Gasteiger partial charge is 0.383 e. The van der Waals surface area contributed by atoms with Crippen molar-refractivity contribution in [2.45, 2.75) is 0 Å². The Morgan fingerprint density at radius 1 is 1.29 bits per heavy atom. The molecule has 2 amide bonds. The van der Waals surface area contributed by atoms with Gasteiger partial charge >= 0.3 is 6.03 Å². The summed E-state index contributed by atoms with van der Waals surface area (Å²) in [7, 11) is 0. The summed E-state index contributed by atoms with van der Waals surface area (Å²) in [4.78, 5) is 13.3. The van der Waals surface area contributed by atoms with Gasteiger partial charge in [0.15, 0.2) is 0 Å². The number of hydrogen-bond donors (Lipinski definition) is 2. The van der Waals surface area contributed by atoms with Gasteiger partial charge in [0.05, 0.1) is 5.56 Å². The van der Waals surface area contributed by atoms with Crippen molar-refractivity contribution in [1.82, 2.24) is 0 Å². The van der Waals surface area contributed by atoms with Crippen LogP contribution in [0.3, 0.4) is 0 Å². The van der Waals surface area contributed by atoms with E-state index >= 15 is 0 Å². The zero-order valence-electron chi connectivity index (χ0n) is 7.00. The molecule has 0 aliphatic heterocycles. The van der Waals surface area contributed by atoms with E-state index in [1.165, 1.54) is 6.07 Å². The number of nitrogens with two attached hydrogens (primary N) is 2. The molecule has 0 radical (unpaired) electrons. The molecule has 6 heteroatoms. The molecular formula is C8H9F2N3O. The molecule has 0 fully saturated rings. The van der Waals surface area contributed by atoms with Gasteiger partial charge < -0.3 is 11.5 Å². The lowest BCUT2D eigenvalue weighted by Gasteiger charge is -2.02. The van der Waals surface area contributed by atoms with Crippen molar-refractivity contribution in [2.75, 3.05) is 0 Å². The van der Waals surface area contributed by atoms with Gasteiger partial charge in [-0.1, -0.05) is 6.07 Å². The Morgan fingerprint density at radius 3 is 2.21 bits per heavy atom. The molecule has 0 bridgehead atoms. The van der Waals surface area contributed by atoms with E-state index in [4.69, 9.17) is 5.73 Å². The number of aliphatic imine (C=N–C) groups is 1. The van der Waals surface area contributed by atoms with Crippen LogP contribution in [-0.4, -0.2) is 11.9 Å². The van der Waals surface area contributed by atoms with Crippen molar-refractivity contribution in [1.29, 1.82) is 0 Å². The SMILES string of the molecule is NC(=O)/N=C(\N)c1c(F)cccc1F.[HH]. The first-order chi connectivity index (χ1) is 6.52. The van der Waals surface area contributed by atoms with E-state index in [0.29, 0.717) is 0 Å². The second kappa shape index (κ2) is 3.82. The first kappa shape index (κ1) is 10.1. The molecule has 4 nitrogen and oxygen atoms in total. The van der Waals surface area contributed by atoms with Gasteiger partial charge in [-0.15, -0.1) is 0 Å². The Balaban J connectivity index is 0.00000196. The third kappa shape index (κ3) is 2.03. The van der Waals surface area contributed by atoms with Crippen LogP contribution in [0.4, 0.5) is 13.6 Å². The molecule has 0 aliphatic rings. The maximum atomic E-state index is 13.0. The van der Waals surface area contributed by atoms with Crippen LogP contribution in [0.5, 0.6) is 0 Å². The van der Waals surface area contributed by atoms with Crippen LogP contribution in [0.15, 0.2) is 23.2 Å². The average molecular weight is 201 g/mol. The summed E-state index contributed by atoms with van der Waals surface area (Å²) in [5.74, 6) is -2.37. The maximum Gasteiger partial charge on any atom is 0.340 e. The summed E-state index contributed by atoms with van der Waals surface area (Å²) < 4.78 is 26.0. The van der Waals surface area contributed by atoms with Gasteiger partial charge in [0.2, 0.25) is 0 Å². The smallest absolute Gasteiger partial charge is 0.340 e. The first-order valence-electron chi connectivity index (χ1n) is 3.60. The predicted octanol–water partition coefficient (Wildman–Crippen LogP) is 0.995. The molecule has 1 rings (SSSR count). The van der Waals surface area contributed by atoms with E-state index in [1.54, 1.807) is 0 Å². The molecule has 14 heavy (non-hydrogen) atoms. The maximum absolute atomic E-state index is 13.0. The fraction of sp³-hybridized carbons (Fsp3) is 0. The standard InChI is InChI=1S/C8H7F2N3O.H2/c9-4-2-1-3-5(10)6(4)7(11)13-8(12)14;/h1-3H,(H4,11,12,13,14);1H. The molecule has 0 aliphatic carbocycles. The van der Waals surface area contributed by atoms with E-state index in [2.05, 4.69) is 10.7 Å². The van der Waals surface area contributed by atoms with Gasteiger partial charge in [-0.3, -0.25) is 0 Å². The Morgan fingerprint density at radius 2 is 1.79 bits per heavy atom. The monoisotopic (exact) mass is 201 g/mol. The van der Waals surface area contributed by atoms with Crippen LogP contribution in [-0.2, 0) is 0 Å². The van der Waals surface area contributed by atoms with Crippen molar-refractivity contribution in [3.05, 3.63) is 35.4 Å². The average Bonchev–Trinajstić information content (AvgIpc) is 2.01. The minimum absolute atomic E-state index is 0. The molecule has 0 aromatic heterocycles. The molecule has 4 N–H and O–H groups in total. The number of urea groups is 1. The number of amides is 2. The Labute approximate surface area is 79.7 Å². The highest BCUT2D eigenvalue weighted by molar-refractivity contribution is 6.03. The fourth-order valence-corrected chi connectivity index (χ4v) is 0.917.